The van der Waals surface area contributed by atoms with Crippen molar-refractivity contribution >= 4 is 23.3 Å². The SMILES string of the molecule is Nc1ncccc1-c1nc2ccc(-n3cc(C=O)cn3)nc2n1-c1ccc2c(c1)CC[C@@H]2N. The first-order valence-corrected chi connectivity index (χ1v) is 10.6. The summed E-state index contributed by atoms with van der Waals surface area (Å²) in [5.41, 5.74) is 18.3. The monoisotopic (exact) mass is 436 g/mol. The molecule has 0 saturated heterocycles. The maximum absolute atomic E-state index is 11.1. The van der Waals surface area contributed by atoms with Gasteiger partial charge < -0.3 is 11.5 Å². The van der Waals surface area contributed by atoms with Crippen LogP contribution in [-0.4, -0.2) is 35.6 Å². The number of hydrogen-bond acceptors (Lipinski definition) is 7. The minimum Gasteiger partial charge on any atom is -0.383 e. The van der Waals surface area contributed by atoms with Crippen molar-refractivity contribution in [3.05, 3.63) is 77.7 Å². The molecule has 162 valence electrons. The molecule has 0 spiro atoms. The molecule has 9 heteroatoms. The normalized spacial score (nSPS) is 15.1. The molecule has 6 rings (SSSR count). The first-order valence-electron chi connectivity index (χ1n) is 10.6. The fourth-order valence-corrected chi connectivity index (χ4v) is 4.41. The van der Waals surface area contributed by atoms with E-state index in [1.807, 2.05) is 34.9 Å². The lowest BCUT2D eigenvalue weighted by Gasteiger charge is -2.13. The molecule has 4 N–H and O–H groups in total. The number of imidazole rings is 1. The highest BCUT2D eigenvalue weighted by molar-refractivity contribution is 5.83. The fourth-order valence-electron chi connectivity index (χ4n) is 4.41. The largest absolute Gasteiger partial charge is 0.383 e. The number of fused-ring (bicyclic) bond motifs is 2. The summed E-state index contributed by atoms with van der Waals surface area (Å²) in [6, 6.07) is 13.8. The average molecular weight is 436 g/mol. The molecule has 0 saturated carbocycles. The summed E-state index contributed by atoms with van der Waals surface area (Å²) in [5, 5.41) is 4.25. The molecule has 1 aliphatic carbocycles. The number of hydrogen-bond donors (Lipinski definition) is 2. The lowest BCUT2D eigenvalue weighted by atomic mass is 10.1. The molecule has 0 radical (unpaired) electrons. The summed E-state index contributed by atoms with van der Waals surface area (Å²) in [6.07, 6.45) is 7.42. The fraction of sp³-hybridized carbons (Fsp3) is 0.125. The molecule has 4 heterocycles. The van der Waals surface area contributed by atoms with Crippen LogP contribution < -0.4 is 11.5 Å². The van der Waals surface area contributed by atoms with Gasteiger partial charge in [0.15, 0.2) is 23.6 Å². The predicted octanol–water partition coefficient (Wildman–Crippen LogP) is 3.01. The number of nitrogen functional groups attached to an aromatic ring is 1. The van der Waals surface area contributed by atoms with Crippen molar-refractivity contribution in [1.29, 1.82) is 0 Å². The summed E-state index contributed by atoms with van der Waals surface area (Å²) in [4.78, 5) is 25.0. The predicted molar refractivity (Wildman–Crippen MR) is 124 cm³/mol. The van der Waals surface area contributed by atoms with E-state index in [9.17, 15) is 4.79 Å². The van der Waals surface area contributed by atoms with Crippen LogP contribution in [0.25, 0.3) is 34.1 Å². The number of nitrogens with two attached hydrogens (primary N) is 2. The van der Waals surface area contributed by atoms with E-state index in [0.29, 0.717) is 34.2 Å². The molecular formula is C24H20N8O. The number of benzene rings is 1. The molecule has 33 heavy (non-hydrogen) atoms. The second-order valence-electron chi connectivity index (χ2n) is 8.08. The quantitative estimate of drug-likeness (QED) is 0.414. The average Bonchev–Trinajstić information content (AvgIpc) is 3.55. The lowest BCUT2D eigenvalue weighted by Crippen LogP contribution is -2.06. The number of aromatic nitrogens is 6. The van der Waals surface area contributed by atoms with Gasteiger partial charge in [0.05, 0.1) is 17.3 Å². The first-order chi connectivity index (χ1) is 16.1. The maximum Gasteiger partial charge on any atom is 0.167 e. The number of aldehydes is 1. The van der Waals surface area contributed by atoms with E-state index in [1.165, 1.54) is 17.3 Å². The summed E-state index contributed by atoms with van der Waals surface area (Å²) in [6.45, 7) is 0. The van der Waals surface area contributed by atoms with Crippen molar-refractivity contribution in [2.45, 2.75) is 18.9 Å². The van der Waals surface area contributed by atoms with Gasteiger partial charge in [0.25, 0.3) is 0 Å². The Morgan fingerprint density at radius 2 is 2.03 bits per heavy atom. The molecule has 5 aromatic rings. The van der Waals surface area contributed by atoms with Crippen LogP contribution in [0.5, 0.6) is 0 Å². The van der Waals surface area contributed by atoms with E-state index in [2.05, 4.69) is 22.2 Å². The van der Waals surface area contributed by atoms with Gasteiger partial charge in [-0.15, -0.1) is 0 Å². The summed E-state index contributed by atoms with van der Waals surface area (Å²) in [7, 11) is 0. The molecule has 0 unspecified atom stereocenters. The van der Waals surface area contributed by atoms with Crippen LogP contribution in [0.3, 0.4) is 0 Å². The van der Waals surface area contributed by atoms with Crippen LogP contribution in [0.4, 0.5) is 5.82 Å². The molecule has 0 bridgehead atoms. The highest BCUT2D eigenvalue weighted by atomic mass is 16.1. The molecule has 1 aromatic carbocycles. The van der Waals surface area contributed by atoms with E-state index in [0.717, 1.165) is 30.4 Å². The Balaban J connectivity index is 1.61. The number of rotatable bonds is 4. The summed E-state index contributed by atoms with van der Waals surface area (Å²) < 4.78 is 3.56. The molecule has 0 fully saturated rings. The Hall–Kier alpha value is -4.37. The zero-order valence-electron chi connectivity index (χ0n) is 17.6. The molecule has 4 aromatic heterocycles. The first kappa shape index (κ1) is 19.3. The van der Waals surface area contributed by atoms with Crippen LogP contribution in [0.1, 0.15) is 33.9 Å². The number of carbonyl (C=O) groups is 1. The number of anilines is 1. The van der Waals surface area contributed by atoms with Crippen molar-refractivity contribution in [2.75, 3.05) is 5.73 Å². The van der Waals surface area contributed by atoms with Gasteiger partial charge in [0, 0.05) is 24.1 Å². The van der Waals surface area contributed by atoms with E-state index < -0.39 is 0 Å². The van der Waals surface area contributed by atoms with Gasteiger partial charge >= 0.3 is 0 Å². The van der Waals surface area contributed by atoms with Crippen LogP contribution in [0.15, 0.2) is 61.1 Å². The molecule has 1 aliphatic rings. The maximum atomic E-state index is 11.1. The van der Waals surface area contributed by atoms with E-state index in [1.54, 1.807) is 17.1 Å². The van der Waals surface area contributed by atoms with E-state index in [-0.39, 0.29) is 6.04 Å². The summed E-state index contributed by atoms with van der Waals surface area (Å²) in [5.74, 6) is 1.61. The molecule has 1 atom stereocenters. The Kier molecular flexibility index (Phi) is 4.30. The van der Waals surface area contributed by atoms with Crippen LogP contribution >= 0.6 is 0 Å². The second kappa shape index (κ2) is 7.35. The Morgan fingerprint density at radius 3 is 2.85 bits per heavy atom. The van der Waals surface area contributed by atoms with Crippen LogP contribution in [0.2, 0.25) is 0 Å². The number of pyridine rings is 2. The topological polar surface area (TPSA) is 131 Å². The van der Waals surface area contributed by atoms with Gasteiger partial charge in [-0.3, -0.25) is 9.36 Å². The zero-order chi connectivity index (χ0) is 22.5. The Bertz CT molecular complexity index is 1530. The van der Waals surface area contributed by atoms with Crippen molar-refractivity contribution < 1.29 is 4.79 Å². The third-order valence-electron chi connectivity index (χ3n) is 6.05. The van der Waals surface area contributed by atoms with Crippen molar-refractivity contribution in [1.82, 2.24) is 29.3 Å². The van der Waals surface area contributed by atoms with Gasteiger partial charge in [0.2, 0.25) is 0 Å². The summed E-state index contributed by atoms with van der Waals surface area (Å²) >= 11 is 0. The Morgan fingerprint density at radius 1 is 1.12 bits per heavy atom. The number of carbonyl (C=O) groups excluding carboxylic acids is 1. The van der Waals surface area contributed by atoms with Crippen LogP contribution in [0, 0.1) is 0 Å². The molecule has 9 nitrogen and oxygen atoms in total. The smallest absolute Gasteiger partial charge is 0.167 e. The minimum atomic E-state index is 0.0681. The number of nitrogens with zero attached hydrogens (tertiary/aromatic N) is 6. The Labute approximate surface area is 188 Å². The molecular weight excluding hydrogens is 416 g/mol. The van der Waals surface area contributed by atoms with Crippen LogP contribution in [-0.2, 0) is 6.42 Å². The van der Waals surface area contributed by atoms with E-state index >= 15 is 0 Å². The minimum absolute atomic E-state index is 0.0681. The standard InChI is InChI=1S/C24H20N8O/c25-19-6-3-15-10-16(4-5-17(15)19)32-23(18-2-1-9-27-22(18)26)29-20-7-8-21(30-24(20)32)31-12-14(13-33)11-28-31/h1-2,4-5,7-13,19H,3,6,25H2,(H2,26,27)/t19-/m0/s1. The van der Waals surface area contributed by atoms with E-state index in [4.69, 9.17) is 21.4 Å². The highest BCUT2D eigenvalue weighted by Crippen LogP contribution is 2.34. The van der Waals surface area contributed by atoms with Crippen molar-refractivity contribution in [2.24, 2.45) is 5.73 Å². The van der Waals surface area contributed by atoms with Gasteiger partial charge in [0.1, 0.15) is 11.3 Å². The highest BCUT2D eigenvalue weighted by Gasteiger charge is 2.23. The van der Waals surface area contributed by atoms with Gasteiger partial charge in [-0.1, -0.05) is 6.07 Å². The van der Waals surface area contributed by atoms with Gasteiger partial charge in [-0.25, -0.2) is 19.6 Å². The second-order valence-corrected chi connectivity index (χ2v) is 8.08. The van der Waals surface area contributed by atoms with Gasteiger partial charge in [-0.05, 0) is 60.4 Å². The number of aryl methyl sites for hydroxylation is 1. The van der Waals surface area contributed by atoms with Crippen molar-refractivity contribution in [3.8, 4) is 22.9 Å². The lowest BCUT2D eigenvalue weighted by molar-refractivity contribution is 0.112. The third-order valence-corrected chi connectivity index (χ3v) is 6.05. The molecule has 0 amide bonds. The third kappa shape index (κ3) is 3.09. The molecule has 0 aliphatic heterocycles. The zero-order valence-corrected chi connectivity index (χ0v) is 17.6. The van der Waals surface area contributed by atoms with Gasteiger partial charge in [-0.2, -0.15) is 5.10 Å². The van der Waals surface area contributed by atoms with Crippen molar-refractivity contribution in [3.63, 3.8) is 0 Å².